The summed E-state index contributed by atoms with van der Waals surface area (Å²) in [5, 5.41) is 0. The Labute approximate surface area is 67.5 Å². The van der Waals surface area contributed by atoms with Crippen molar-refractivity contribution in [2.24, 2.45) is 0 Å². The first-order valence-corrected chi connectivity index (χ1v) is 4.31. The summed E-state index contributed by atoms with van der Waals surface area (Å²) in [6.45, 7) is -1.35. The van der Waals surface area contributed by atoms with E-state index in [4.69, 9.17) is 9.79 Å². The molecule has 0 aromatic carbocycles. The van der Waals surface area contributed by atoms with Crippen LogP contribution in [0.4, 0.5) is 4.39 Å². The van der Waals surface area contributed by atoms with E-state index < -0.39 is 26.6 Å². The number of rotatable bonds is 4. The fourth-order valence-electron chi connectivity index (χ4n) is 0.431. The van der Waals surface area contributed by atoms with E-state index in [0.29, 0.717) is 0 Å². The smallest absolute Gasteiger partial charge is 0.467 e. The van der Waals surface area contributed by atoms with Crippen molar-refractivity contribution in [3.05, 3.63) is 0 Å². The number of carbonyl (C=O) groups excluding carboxylic acids is 1. The zero-order chi connectivity index (χ0) is 9.78. The highest BCUT2D eigenvalue weighted by molar-refractivity contribution is 7.46. The summed E-state index contributed by atoms with van der Waals surface area (Å²) in [6, 6.07) is 0. The second kappa shape index (κ2) is 4.51. The molecule has 0 saturated heterocycles. The molecule has 1 unspecified atom stereocenters. The van der Waals surface area contributed by atoms with Crippen molar-refractivity contribution in [3.8, 4) is 0 Å². The number of carbonyl (C=O) groups is 1. The van der Waals surface area contributed by atoms with Gasteiger partial charge in [0.2, 0.25) is 0 Å². The van der Waals surface area contributed by atoms with Crippen LogP contribution in [0, 0.1) is 0 Å². The molecule has 8 heteroatoms. The van der Waals surface area contributed by atoms with Gasteiger partial charge in [0.05, 0.1) is 7.11 Å². The van der Waals surface area contributed by atoms with Crippen molar-refractivity contribution in [1.82, 2.24) is 0 Å². The zero-order valence-electron chi connectivity index (χ0n) is 6.14. The maximum absolute atomic E-state index is 11.9. The molecule has 2 N–H and O–H groups in total. The summed E-state index contributed by atoms with van der Waals surface area (Å²) >= 11 is 0. The standard InChI is InChI=1S/C4H8FO6P/c1-10-4(6)3(2-5)11-12(7,8)9/h3H,2H2,1H3,(H2,7,8,9). The average molecular weight is 202 g/mol. The molecule has 0 aromatic heterocycles. The van der Waals surface area contributed by atoms with E-state index in [0.717, 1.165) is 7.11 Å². The van der Waals surface area contributed by atoms with Gasteiger partial charge in [-0.2, -0.15) is 0 Å². The van der Waals surface area contributed by atoms with Crippen LogP contribution in [0.25, 0.3) is 0 Å². The van der Waals surface area contributed by atoms with Crippen LogP contribution in [0.2, 0.25) is 0 Å². The van der Waals surface area contributed by atoms with Crippen LogP contribution in [0.15, 0.2) is 0 Å². The van der Waals surface area contributed by atoms with E-state index in [2.05, 4.69) is 9.26 Å². The van der Waals surface area contributed by atoms with Crippen molar-refractivity contribution in [2.75, 3.05) is 13.8 Å². The van der Waals surface area contributed by atoms with Gasteiger partial charge in [-0.25, -0.2) is 13.8 Å². The molecular weight excluding hydrogens is 194 g/mol. The summed E-state index contributed by atoms with van der Waals surface area (Å²) < 4.78 is 29.7. The Morgan fingerprint density at radius 3 is 2.42 bits per heavy atom. The number of phosphoric acid groups is 1. The molecule has 0 saturated carbocycles. The van der Waals surface area contributed by atoms with Crippen molar-refractivity contribution in [3.63, 3.8) is 0 Å². The minimum absolute atomic E-state index is 0.952. The Balaban J connectivity index is 4.19. The summed E-state index contributed by atoms with van der Waals surface area (Å²) in [5.74, 6) is -1.17. The van der Waals surface area contributed by atoms with Crippen LogP contribution in [0.5, 0.6) is 0 Å². The predicted molar refractivity (Wildman–Crippen MR) is 34.9 cm³/mol. The van der Waals surface area contributed by atoms with Crippen LogP contribution >= 0.6 is 7.82 Å². The van der Waals surface area contributed by atoms with Gasteiger partial charge in [0.1, 0.15) is 6.67 Å². The first kappa shape index (κ1) is 11.5. The van der Waals surface area contributed by atoms with Gasteiger partial charge in [-0.1, -0.05) is 0 Å². The summed E-state index contributed by atoms with van der Waals surface area (Å²) in [4.78, 5) is 26.8. The monoisotopic (exact) mass is 202 g/mol. The summed E-state index contributed by atoms with van der Waals surface area (Å²) in [6.07, 6.45) is -1.86. The fourth-order valence-corrected chi connectivity index (χ4v) is 0.905. The van der Waals surface area contributed by atoms with Crippen molar-refractivity contribution >= 4 is 13.8 Å². The molecule has 6 nitrogen and oxygen atoms in total. The minimum atomic E-state index is -4.85. The van der Waals surface area contributed by atoms with E-state index in [1.807, 2.05) is 0 Å². The molecule has 0 fully saturated rings. The fraction of sp³-hybridized carbons (Fsp3) is 0.750. The first-order valence-electron chi connectivity index (χ1n) is 2.78. The second-order valence-corrected chi connectivity index (χ2v) is 2.95. The molecular formula is C4H8FO6P. The Morgan fingerprint density at radius 1 is 1.67 bits per heavy atom. The van der Waals surface area contributed by atoms with Gasteiger partial charge in [0.25, 0.3) is 0 Å². The van der Waals surface area contributed by atoms with E-state index >= 15 is 0 Å². The summed E-state index contributed by atoms with van der Waals surface area (Å²) in [5.41, 5.74) is 0. The number of hydrogen-bond acceptors (Lipinski definition) is 4. The third kappa shape index (κ3) is 4.40. The average Bonchev–Trinajstić information content (AvgIpc) is 1.97. The molecule has 12 heavy (non-hydrogen) atoms. The molecule has 0 aliphatic heterocycles. The molecule has 0 spiro atoms. The van der Waals surface area contributed by atoms with Crippen LogP contribution in [0.3, 0.4) is 0 Å². The first-order chi connectivity index (χ1) is 5.40. The van der Waals surface area contributed by atoms with Gasteiger partial charge >= 0.3 is 13.8 Å². The summed E-state index contributed by atoms with van der Waals surface area (Å²) in [7, 11) is -3.89. The molecule has 72 valence electrons. The van der Waals surface area contributed by atoms with Crippen LogP contribution in [-0.4, -0.2) is 35.6 Å². The zero-order valence-corrected chi connectivity index (χ0v) is 7.03. The molecule has 1 atom stereocenters. The van der Waals surface area contributed by atoms with E-state index in [1.54, 1.807) is 0 Å². The van der Waals surface area contributed by atoms with Crippen molar-refractivity contribution < 1.29 is 32.8 Å². The number of methoxy groups -OCH3 is 1. The third-order valence-corrected chi connectivity index (χ3v) is 1.40. The lowest BCUT2D eigenvalue weighted by atomic mass is 10.4. The van der Waals surface area contributed by atoms with Gasteiger partial charge in [0, 0.05) is 0 Å². The molecule has 0 aliphatic carbocycles. The molecule has 0 aliphatic rings. The molecule has 0 aromatic rings. The highest BCUT2D eigenvalue weighted by atomic mass is 31.2. The molecule has 0 heterocycles. The minimum Gasteiger partial charge on any atom is -0.467 e. The van der Waals surface area contributed by atoms with Crippen LogP contribution < -0.4 is 0 Å². The highest BCUT2D eigenvalue weighted by Gasteiger charge is 2.28. The van der Waals surface area contributed by atoms with E-state index in [1.165, 1.54) is 0 Å². The second-order valence-electron chi connectivity index (χ2n) is 1.76. The van der Waals surface area contributed by atoms with E-state index in [-0.39, 0.29) is 0 Å². The lowest BCUT2D eigenvalue weighted by molar-refractivity contribution is -0.150. The maximum Gasteiger partial charge on any atom is 0.470 e. The SMILES string of the molecule is COC(=O)C(CF)OP(=O)(O)O. The van der Waals surface area contributed by atoms with Gasteiger partial charge in [-0.3, -0.25) is 4.52 Å². The molecule has 0 amide bonds. The predicted octanol–water partition coefficient (Wildman–Crippen LogP) is -0.393. The van der Waals surface area contributed by atoms with Gasteiger partial charge < -0.3 is 14.5 Å². The quantitative estimate of drug-likeness (QED) is 0.476. The Kier molecular flexibility index (Phi) is 4.33. The van der Waals surface area contributed by atoms with Gasteiger partial charge in [-0.05, 0) is 0 Å². The Morgan fingerprint density at radius 2 is 2.17 bits per heavy atom. The van der Waals surface area contributed by atoms with Crippen molar-refractivity contribution in [2.45, 2.75) is 6.10 Å². The van der Waals surface area contributed by atoms with Gasteiger partial charge in [0.15, 0.2) is 6.10 Å². The van der Waals surface area contributed by atoms with Gasteiger partial charge in [-0.15, -0.1) is 0 Å². The molecule has 0 bridgehead atoms. The Hall–Kier alpha value is -0.490. The number of halogens is 1. The van der Waals surface area contributed by atoms with Crippen molar-refractivity contribution in [1.29, 1.82) is 0 Å². The number of esters is 1. The largest absolute Gasteiger partial charge is 0.470 e. The molecule has 0 radical (unpaired) electrons. The topological polar surface area (TPSA) is 93.1 Å². The number of hydrogen-bond donors (Lipinski definition) is 2. The van der Waals surface area contributed by atoms with Crippen LogP contribution in [-0.2, 0) is 18.6 Å². The highest BCUT2D eigenvalue weighted by Crippen LogP contribution is 2.37. The number of ether oxygens (including phenoxy) is 1. The van der Waals surface area contributed by atoms with E-state index in [9.17, 15) is 13.8 Å². The lowest BCUT2D eigenvalue weighted by Gasteiger charge is -2.11. The number of phosphoric ester groups is 1. The third-order valence-electron chi connectivity index (χ3n) is 0.869. The van der Waals surface area contributed by atoms with Crippen LogP contribution in [0.1, 0.15) is 0 Å². The molecule has 0 rings (SSSR count). The normalized spacial score (nSPS) is 14.0. The Bertz CT molecular complexity index is 200. The lowest BCUT2D eigenvalue weighted by Crippen LogP contribution is -2.26. The number of alkyl halides is 1. The maximum atomic E-state index is 11.9.